The second-order valence-electron chi connectivity index (χ2n) is 7.07. The number of aliphatic hydroxyl groups is 1. The van der Waals surface area contributed by atoms with Crippen LogP contribution in [-0.4, -0.2) is 22.7 Å². The first-order chi connectivity index (χ1) is 11.1. The third-order valence-electron chi connectivity index (χ3n) is 5.05. The molecule has 2 saturated carbocycles. The number of ether oxygens (including phenoxy) is 1. The lowest BCUT2D eigenvalue weighted by molar-refractivity contribution is -0.120. The van der Waals surface area contributed by atoms with E-state index in [0.717, 1.165) is 36.9 Å². The summed E-state index contributed by atoms with van der Waals surface area (Å²) in [5.41, 5.74) is 1.12. The van der Waals surface area contributed by atoms with E-state index < -0.39 is 5.60 Å². The van der Waals surface area contributed by atoms with Crippen molar-refractivity contribution in [3.8, 4) is 0 Å². The Hall–Kier alpha value is -1.39. The number of benzene rings is 1. The van der Waals surface area contributed by atoms with Crippen molar-refractivity contribution in [2.75, 3.05) is 5.32 Å². The van der Waals surface area contributed by atoms with Crippen LogP contribution in [0.25, 0.3) is 0 Å². The number of carbonyl (C=O) groups excluding carboxylic acids is 1. The first-order valence-electron chi connectivity index (χ1n) is 8.86. The average Bonchev–Trinajstić information content (AvgIpc) is 3.18. The normalized spacial score (nSPS) is 20.7. The van der Waals surface area contributed by atoms with E-state index in [0.29, 0.717) is 12.7 Å². The monoisotopic (exact) mass is 317 g/mol. The quantitative estimate of drug-likeness (QED) is 0.839. The molecule has 4 nitrogen and oxygen atoms in total. The molecule has 2 fully saturated rings. The van der Waals surface area contributed by atoms with Crippen molar-refractivity contribution in [1.29, 1.82) is 0 Å². The topological polar surface area (TPSA) is 58.6 Å². The maximum atomic E-state index is 12.1. The van der Waals surface area contributed by atoms with E-state index in [4.69, 9.17) is 4.74 Å². The molecule has 0 spiro atoms. The molecule has 2 aliphatic rings. The van der Waals surface area contributed by atoms with Crippen LogP contribution < -0.4 is 5.32 Å². The molecular formula is C19H27NO3. The van der Waals surface area contributed by atoms with Gasteiger partial charge in [0.15, 0.2) is 0 Å². The maximum Gasteiger partial charge on any atom is 0.227 e. The minimum Gasteiger partial charge on any atom is -0.389 e. The molecule has 23 heavy (non-hydrogen) atoms. The molecule has 0 heterocycles. The molecule has 1 amide bonds. The zero-order chi connectivity index (χ0) is 16.1. The van der Waals surface area contributed by atoms with Gasteiger partial charge in [-0.3, -0.25) is 4.79 Å². The van der Waals surface area contributed by atoms with Crippen molar-refractivity contribution in [1.82, 2.24) is 0 Å². The zero-order valence-electron chi connectivity index (χ0n) is 13.7. The van der Waals surface area contributed by atoms with Gasteiger partial charge in [-0.05, 0) is 43.4 Å². The summed E-state index contributed by atoms with van der Waals surface area (Å²) in [5, 5.41) is 13.2. The van der Waals surface area contributed by atoms with E-state index in [-0.39, 0.29) is 12.3 Å². The molecule has 0 bridgehead atoms. The largest absolute Gasteiger partial charge is 0.389 e. The summed E-state index contributed by atoms with van der Waals surface area (Å²) >= 11 is 0. The first-order valence-corrected chi connectivity index (χ1v) is 8.86. The van der Waals surface area contributed by atoms with Gasteiger partial charge in [0.2, 0.25) is 5.91 Å². The van der Waals surface area contributed by atoms with Gasteiger partial charge in [-0.25, -0.2) is 0 Å². The van der Waals surface area contributed by atoms with Gasteiger partial charge in [-0.15, -0.1) is 0 Å². The van der Waals surface area contributed by atoms with Crippen LogP contribution in [0.5, 0.6) is 0 Å². The maximum absolute atomic E-state index is 12.1. The van der Waals surface area contributed by atoms with Crippen molar-refractivity contribution in [2.24, 2.45) is 0 Å². The summed E-state index contributed by atoms with van der Waals surface area (Å²) in [4.78, 5) is 12.1. The Kier molecular flexibility index (Phi) is 5.34. The second kappa shape index (κ2) is 7.45. The van der Waals surface area contributed by atoms with Crippen molar-refractivity contribution in [3.63, 3.8) is 0 Å². The van der Waals surface area contributed by atoms with Gasteiger partial charge in [-0.1, -0.05) is 37.8 Å². The van der Waals surface area contributed by atoms with Gasteiger partial charge in [0.1, 0.15) is 0 Å². The van der Waals surface area contributed by atoms with Gasteiger partial charge >= 0.3 is 0 Å². The van der Waals surface area contributed by atoms with Gasteiger partial charge in [-0.2, -0.15) is 0 Å². The lowest BCUT2D eigenvalue weighted by Crippen LogP contribution is -2.30. The molecular weight excluding hydrogens is 290 g/mol. The standard InChI is InChI=1S/C19H27NO3/c21-18(13-19(22)11-3-4-12-19)20-16-9-7-15(8-10-16)14-23-17-5-1-2-6-17/h7-10,17,22H,1-6,11-14H2,(H,20,21). The highest BCUT2D eigenvalue weighted by atomic mass is 16.5. The summed E-state index contributed by atoms with van der Waals surface area (Å²) in [6.07, 6.45) is 9.02. The van der Waals surface area contributed by atoms with Gasteiger partial charge in [0.25, 0.3) is 0 Å². The second-order valence-corrected chi connectivity index (χ2v) is 7.07. The predicted octanol–water partition coefficient (Wildman–Crippen LogP) is 3.78. The summed E-state index contributed by atoms with van der Waals surface area (Å²) in [6, 6.07) is 7.80. The zero-order valence-corrected chi connectivity index (χ0v) is 13.7. The highest BCUT2D eigenvalue weighted by molar-refractivity contribution is 5.91. The molecule has 1 aromatic rings. The number of hydrogen-bond acceptors (Lipinski definition) is 3. The van der Waals surface area contributed by atoms with E-state index in [2.05, 4.69) is 5.32 Å². The summed E-state index contributed by atoms with van der Waals surface area (Å²) in [6.45, 7) is 0.638. The molecule has 0 aliphatic heterocycles. The minimum absolute atomic E-state index is 0.107. The van der Waals surface area contributed by atoms with Crippen LogP contribution in [0.15, 0.2) is 24.3 Å². The first kappa shape index (κ1) is 16.5. The summed E-state index contributed by atoms with van der Waals surface area (Å²) < 4.78 is 5.89. The van der Waals surface area contributed by atoms with Crippen molar-refractivity contribution < 1.29 is 14.6 Å². The van der Waals surface area contributed by atoms with Crippen LogP contribution in [0.2, 0.25) is 0 Å². The van der Waals surface area contributed by atoms with Crippen molar-refractivity contribution >= 4 is 11.6 Å². The van der Waals surface area contributed by atoms with Gasteiger partial charge < -0.3 is 15.2 Å². The molecule has 0 unspecified atom stereocenters. The smallest absolute Gasteiger partial charge is 0.227 e. The van der Waals surface area contributed by atoms with Crippen LogP contribution in [0.4, 0.5) is 5.69 Å². The van der Waals surface area contributed by atoms with Gasteiger partial charge in [0, 0.05) is 5.69 Å². The van der Waals surface area contributed by atoms with Crippen LogP contribution in [0.1, 0.15) is 63.4 Å². The van der Waals surface area contributed by atoms with Crippen LogP contribution in [0, 0.1) is 0 Å². The van der Waals surface area contributed by atoms with Crippen molar-refractivity contribution in [3.05, 3.63) is 29.8 Å². The average molecular weight is 317 g/mol. The van der Waals surface area contributed by atoms with E-state index in [1.165, 1.54) is 25.7 Å². The molecule has 2 aliphatic carbocycles. The number of hydrogen-bond donors (Lipinski definition) is 2. The lowest BCUT2D eigenvalue weighted by Gasteiger charge is -2.21. The minimum atomic E-state index is -0.793. The molecule has 0 aromatic heterocycles. The molecule has 126 valence electrons. The highest BCUT2D eigenvalue weighted by Crippen LogP contribution is 2.32. The molecule has 1 aromatic carbocycles. The SMILES string of the molecule is O=C(CC1(O)CCCC1)Nc1ccc(COC2CCCC2)cc1. The Morgan fingerprint density at radius 2 is 1.78 bits per heavy atom. The highest BCUT2D eigenvalue weighted by Gasteiger charge is 2.33. The fraction of sp³-hybridized carbons (Fsp3) is 0.632. The molecule has 0 radical (unpaired) electrons. The summed E-state index contributed by atoms with van der Waals surface area (Å²) in [5.74, 6) is -0.107. The predicted molar refractivity (Wildman–Crippen MR) is 90.2 cm³/mol. The third-order valence-corrected chi connectivity index (χ3v) is 5.05. The number of nitrogens with one attached hydrogen (secondary N) is 1. The van der Waals surface area contributed by atoms with E-state index in [9.17, 15) is 9.90 Å². The third kappa shape index (κ3) is 4.79. The van der Waals surface area contributed by atoms with Crippen LogP contribution in [0.3, 0.4) is 0 Å². The Bertz CT molecular complexity index is 514. The van der Waals surface area contributed by atoms with E-state index in [1.807, 2.05) is 24.3 Å². The fourth-order valence-corrected chi connectivity index (χ4v) is 3.67. The lowest BCUT2D eigenvalue weighted by atomic mass is 9.97. The van der Waals surface area contributed by atoms with Crippen LogP contribution >= 0.6 is 0 Å². The van der Waals surface area contributed by atoms with Gasteiger partial charge in [0.05, 0.1) is 24.7 Å². The Balaban J connectivity index is 1.45. The van der Waals surface area contributed by atoms with Crippen LogP contribution in [-0.2, 0) is 16.1 Å². The van der Waals surface area contributed by atoms with E-state index in [1.54, 1.807) is 0 Å². The number of anilines is 1. The van der Waals surface area contributed by atoms with E-state index >= 15 is 0 Å². The summed E-state index contributed by atoms with van der Waals surface area (Å²) in [7, 11) is 0. The Morgan fingerprint density at radius 3 is 2.43 bits per heavy atom. The molecule has 0 atom stereocenters. The Labute approximate surface area is 138 Å². The Morgan fingerprint density at radius 1 is 1.13 bits per heavy atom. The van der Waals surface area contributed by atoms with Crippen molar-refractivity contribution in [2.45, 2.75) is 76.1 Å². The number of carbonyl (C=O) groups is 1. The number of amides is 1. The molecule has 4 heteroatoms. The number of rotatable bonds is 6. The molecule has 0 saturated heterocycles. The fourth-order valence-electron chi connectivity index (χ4n) is 3.67. The molecule has 2 N–H and O–H groups in total. The molecule has 3 rings (SSSR count).